The molecule has 1 atom stereocenters. The number of aromatic nitrogens is 3. The third kappa shape index (κ3) is 3.86. The van der Waals surface area contributed by atoms with Crippen molar-refractivity contribution in [3.05, 3.63) is 59.8 Å². The van der Waals surface area contributed by atoms with Crippen LogP contribution in [-0.4, -0.2) is 33.1 Å². The smallest absolute Gasteiger partial charge is 0.277 e. The molecule has 3 rings (SSSR count). The van der Waals surface area contributed by atoms with Crippen LogP contribution in [0.15, 0.2) is 47.2 Å². The number of hydrogen-bond acceptors (Lipinski definition) is 6. The van der Waals surface area contributed by atoms with Crippen LogP contribution >= 0.6 is 0 Å². The Hall–Kier alpha value is -3.13. The van der Waals surface area contributed by atoms with Gasteiger partial charge < -0.3 is 19.6 Å². The summed E-state index contributed by atoms with van der Waals surface area (Å²) >= 11 is 0. The molecule has 0 aliphatic carbocycles. The van der Waals surface area contributed by atoms with Gasteiger partial charge in [-0.25, -0.2) is 4.68 Å². The molecule has 0 bridgehead atoms. The van der Waals surface area contributed by atoms with Crippen molar-refractivity contribution in [2.24, 2.45) is 0 Å². The van der Waals surface area contributed by atoms with E-state index in [0.717, 1.165) is 5.56 Å². The molecule has 130 valence electrons. The van der Waals surface area contributed by atoms with Crippen LogP contribution < -0.4 is 10.1 Å². The second-order valence-electron chi connectivity index (χ2n) is 5.49. The van der Waals surface area contributed by atoms with Gasteiger partial charge in [0, 0.05) is 5.69 Å². The predicted molar refractivity (Wildman–Crippen MR) is 89.4 cm³/mol. The standard InChI is InChI=1S/C17H18N4O4/c1-11-8-12(24-2)5-6-13(11)18-17(23)14-9-21(20-19-14)10-15(22)16-4-3-7-25-16/h3-9,15,22H,10H2,1-2H3,(H,18,23)/t15-/m1/s1. The van der Waals surface area contributed by atoms with E-state index >= 15 is 0 Å². The Morgan fingerprint density at radius 3 is 2.96 bits per heavy atom. The Bertz CT molecular complexity index is 857. The summed E-state index contributed by atoms with van der Waals surface area (Å²) in [5, 5.41) is 20.5. The molecule has 25 heavy (non-hydrogen) atoms. The van der Waals surface area contributed by atoms with E-state index in [4.69, 9.17) is 9.15 Å². The number of amides is 1. The molecule has 1 amide bonds. The maximum atomic E-state index is 12.3. The van der Waals surface area contributed by atoms with Crippen LogP contribution in [0.2, 0.25) is 0 Å². The summed E-state index contributed by atoms with van der Waals surface area (Å²) in [7, 11) is 1.59. The maximum Gasteiger partial charge on any atom is 0.277 e. The Morgan fingerprint density at radius 2 is 2.28 bits per heavy atom. The van der Waals surface area contributed by atoms with E-state index in [0.29, 0.717) is 17.2 Å². The van der Waals surface area contributed by atoms with Gasteiger partial charge in [0.1, 0.15) is 17.6 Å². The van der Waals surface area contributed by atoms with Gasteiger partial charge in [-0.05, 0) is 42.8 Å². The van der Waals surface area contributed by atoms with Crippen LogP contribution in [0.25, 0.3) is 0 Å². The first-order chi connectivity index (χ1) is 12.1. The second-order valence-corrected chi connectivity index (χ2v) is 5.49. The SMILES string of the molecule is COc1ccc(NC(=O)c2cn(C[C@@H](O)c3ccco3)nn2)c(C)c1. The fourth-order valence-corrected chi connectivity index (χ4v) is 2.33. The number of aliphatic hydroxyl groups excluding tert-OH is 1. The predicted octanol–water partition coefficient (Wildman–Crippen LogP) is 2.17. The molecule has 0 aliphatic heterocycles. The third-order valence-electron chi connectivity index (χ3n) is 3.68. The zero-order valence-electron chi connectivity index (χ0n) is 13.8. The number of ether oxygens (including phenoxy) is 1. The topological polar surface area (TPSA) is 102 Å². The molecule has 0 spiro atoms. The van der Waals surface area contributed by atoms with Crippen LogP contribution in [0, 0.1) is 6.92 Å². The summed E-state index contributed by atoms with van der Waals surface area (Å²) in [4.78, 5) is 12.3. The number of carbonyl (C=O) groups is 1. The number of nitrogens with zero attached hydrogens (tertiary/aromatic N) is 3. The minimum atomic E-state index is -0.864. The Balaban J connectivity index is 1.66. The first-order valence-electron chi connectivity index (χ1n) is 7.64. The first kappa shape index (κ1) is 16.7. The van der Waals surface area contributed by atoms with Gasteiger partial charge in [0.05, 0.1) is 26.1 Å². The fraction of sp³-hybridized carbons (Fsp3) is 0.235. The summed E-state index contributed by atoms with van der Waals surface area (Å²) in [6.45, 7) is 2.00. The lowest BCUT2D eigenvalue weighted by Gasteiger charge is -2.08. The zero-order valence-corrected chi connectivity index (χ0v) is 13.8. The molecule has 2 N–H and O–H groups in total. The van der Waals surface area contributed by atoms with Crippen molar-refractivity contribution in [2.75, 3.05) is 12.4 Å². The van der Waals surface area contributed by atoms with Gasteiger partial charge in [0.15, 0.2) is 5.69 Å². The number of anilines is 1. The molecule has 0 unspecified atom stereocenters. The summed E-state index contributed by atoms with van der Waals surface area (Å²) in [5.74, 6) is 0.760. The molecule has 1 aromatic carbocycles. The molecule has 8 heteroatoms. The quantitative estimate of drug-likeness (QED) is 0.712. The van der Waals surface area contributed by atoms with E-state index in [9.17, 15) is 9.90 Å². The first-order valence-corrected chi connectivity index (χ1v) is 7.64. The highest BCUT2D eigenvalue weighted by molar-refractivity contribution is 6.03. The second kappa shape index (κ2) is 7.18. The minimum Gasteiger partial charge on any atom is -0.497 e. The van der Waals surface area contributed by atoms with Crippen molar-refractivity contribution >= 4 is 11.6 Å². The molecule has 8 nitrogen and oxygen atoms in total. The largest absolute Gasteiger partial charge is 0.497 e. The van der Waals surface area contributed by atoms with Gasteiger partial charge >= 0.3 is 0 Å². The number of nitrogens with one attached hydrogen (secondary N) is 1. The average molecular weight is 342 g/mol. The van der Waals surface area contributed by atoms with Crippen molar-refractivity contribution in [1.29, 1.82) is 0 Å². The van der Waals surface area contributed by atoms with Gasteiger partial charge in [-0.2, -0.15) is 0 Å². The molecule has 0 saturated carbocycles. The molecule has 0 saturated heterocycles. The highest BCUT2D eigenvalue weighted by Gasteiger charge is 2.16. The van der Waals surface area contributed by atoms with Crippen LogP contribution in [-0.2, 0) is 6.54 Å². The van der Waals surface area contributed by atoms with Gasteiger partial charge in [-0.15, -0.1) is 5.10 Å². The molecule has 0 radical (unpaired) electrons. The highest BCUT2D eigenvalue weighted by atomic mass is 16.5. The lowest BCUT2D eigenvalue weighted by atomic mass is 10.2. The summed E-state index contributed by atoms with van der Waals surface area (Å²) < 4.78 is 11.7. The monoisotopic (exact) mass is 342 g/mol. The highest BCUT2D eigenvalue weighted by Crippen LogP contribution is 2.21. The van der Waals surface area contributed by atoms with Crippen molar-refractivity contribution in [3.63, 3.8) is 0 Å². The molecule has 3 aromatic rings. The Morgan fingerprint density at radius 1 is 1.44 bits per heavy atom. The maximum absolute atomic E-state index is 12.3. The van der Waals surface area contributed by atoms with Crippen molar-refractivity contribution in [3.8, 4) is 5.75 Å². The van der Waals surface area contributed by atoms with E-state index in [1.54, 1.807) is 31.4 Å². The molecular formula is C17H18N4O4. The summed E-state index contributed by atoms with van der Waals surface area (Å²) in [6.07, 6.45) is 2.09. The van der Waals surface area contributed by atoms with Crippen LogP contribution in [0.3, 0.4) is 0 Å². The molecule has 2 aromatic heterocycles. The van der Waals surface area contributed by atoms with E-state index < -0.39 is 6.10 Å². The van der Waals surface area contributed by atoms with Crippen LogP contribution in [0.1, 0.15) is 27.9 Å². The number of rotatable bonds is 6. The van der Waals surface area contributed by atoms with Crippen molar-refractivity contribution in [1.82, 2.24) is 15.0 Å². The van der Waals surface area contributed by atoms with E-state index in [1.807, 2.05) is 13.0 Å². The molecular weight excluding hydrogens is 324 g/mol. The summed E-state index contributed by atoms with van der Waals surface area (Å²) in [6, 6.07) is 8.71. The molecule has 2 heterocycles. The number of methoxy groups -OCH3 is 1. The van der Waals surface area contributed by atoms with E-state index in [1.165, 1.54) is 17.1 Å². The number of aryl methyl sites for hydroxylation is 1. The Labute approximate surface area is 144 Å². The van der Waals surface area contributed by atoms with Crippen molar-refractivity contribution in [2.45, 2.75) is 19.6 Å². The zero-order chi connectivity index (χ0) is 17.8. The fourth-order valence-electron chi connectivity index (χ4n) is 2.33. The van der Waals surface area contributed by atoms with Gasteiger partial charge in [-0.3, -0.25) is 4.79 Å². The van der Waals surface area contributed by atoms with Gasteiger partial charge in [0.2, 0.25) is 0 Å². The number of benzene rings is 1. The number of aliphatic hydroxyl groups is 1. The van der Waals surface area contributed by atoms with Crippen LogP contribution in [0.4, 0.5) is 5.69 Å². The molecule has 0 fully saturated rings. The molecule has 0 aliphatic rings. The van der Waals surface area contributed by atoms with Crippen LogP contribution in [0.5, 0.6) is 5.75 Å². The number of carbonyl (C=O) groups excluding carboxylic acids is 1. The van der Waals surface area contributed by atoms with Gasteiger partial charge in [-0.1, -0.05) is 5.21 Å². The number of furan rings is 1. The lowest BCUT2D eigenvalue weighted by Crippen LogP contribution is -2.13. The number of hydrogen-bond donors (Lipinski definition) is 2. The van der Waals surface area contributed by atoms with Gasteiger partial charge in [0.25, 0.3) is 5.91 Å². The average Bonchev–Trinajstić information content (AvgIpc) is 3.28. The normalized spacial score (nSPS) is 12.0. The third-order valence-corrected chi connectivity index (χ3v) is 3.68. The van der Waals surface area contributed by atoms with Crippen molar-refractivity contribution < 1.29 is 19.1 Å². The lowest BCUT2D eigenvalue weighted by molar-refractivity contribution is 0.102. The van der Waals surface area contributed by atoms with E-state index in [-0.39, 0.29) is 18.1 Å². The Kier molecular flexibility index (Phi) is 4.80. The minimum absolute atomic E-state index is 0.134. The summed E-state index contributed by atoms with van der Waals surface area (Å²) in [5.41, 5.74) is 1.69. The van der Waals surface area contributed by atoms with E-state index in [2.05, 4.69) is 15.6 Å².